The summed E-state index contributed by atoms with van der Waals surface area (Å²) in [5.74, 6) is -1.60. The smallest absolute Gasteiger partial charge is 0.314 e. The molecule has 0 aliphatic rings. The Kier molecular flexibility index (Phi) is 5.59. The van der Waals surface area contributed by atoms with E-state index in [0.29, 0.717) is 5.56 Å². The summed E-state index contributed by atoms with van der Waals surface area (Å²) in [5.41, 5.74) is 2.14. The molecule has 0 saturated carbocycles. The first-order valence-corrected chi connectivity index (χ1v) is 9.45. The summed E-state index contributed by atoms with van der Waals surface area (Å²) in [6, 6.07) is 11.5. The van der Waals surface area contributed by atoms with Gasteiger partial charge in [-0.25, -0.2) is 8.60 Å². The summed E-state index contributed by atoms with van der Waals surface area (Å²) < 4.78 is 58.3. The summed E-state index contributed by atoms with van der Waals surface area (Å²) >= 11 is 0. The van der Waals surface area contributed by atoms with Gasteiger partial charge in [0.1, 0.15) is 16.8 Å². The molecule has 0 aliphatic heterocycles. The van der Waals surface area contributed by atoms with Gasteiger partial charge in [-0.2, -0.15) is 8.78 Å². The van der Waals surface area contributed by atoms with Gasteiger partial charge in [0.25, 0.3) is 5.89 Å². The Labute approximate surface area is 156 Å². The fourth-order valence-electron chi connectivity index (χ4n) is 2.56. The van der Waals surface area contributed by atoms with Crippen molar-refractivity contribution in [3.05, 3.63) is 65.3 Å². The zero-order chi connectivity index (χ0) is 19.6. The van der Waals surface area contributed by atoms with Crippen LogP contribution in [0.1, 0.15) is 23.4 Å². The van der Waals surface area contributed by atoms with Crippen LogP contribution in [0, 0.1) is 12.7 Å². The molecular formula is C18H16F3N3O2S. The zero-order valence-electron chi connectivity index (χ0n) is 14.5. The van der Waals surface area contributed by atoms with Gasteiger partial charge in [-0.1, -0.05) is 24.3 Å². The second-order valence-electron chi connectivity index (χ2n) is 5.80. The van der Waals surface area contributed by atoms with E-state index in [1.165, 1.54) is 18.4 Å². The minimum absolute atomic E-state index is 0.0756. The Balaban J connectivity index is 1.88. The summed E-state index contributed by atoms with van der Waals surface area (Å²) in [6.07, 6.45) is -1.37. The van der Waals surface area contributed by atoms with E-state index >= 15 is 0 Å². The van der Waals surface area contributed by atoms with E-state index in [2.05, 4.69) is 10.2 Å². The van der Waals surface area contributed by atoms with Gasteiger partial charge in [0.2, 0.25) is 5.89 Å². The molecule has 0 amide bonds. The van der Waals surface area contributed by atoms with E-state index in [-0.39, 0.29) is 18.0 Å². The lowest BCUT2D eigenvalue weighted by Gasteiger charge is -2.23. The molecule has 0 spiro atoms. The number of benzene rings is 2. The predicted molar refractivity (Wildman–Crippen MR) is 96.1 cm³/mol. The van der Waals surface area contributed by atoms with Gasteiger partial charge in [0.15, 0.2) is 0 Å². The second-order valence-corrected chi connectivity index (χ2v) is 7.09. The van der Waals surface area contributed by atoms with Crippen LogP contribution in [0.15, 0.2) is 46.9 Å². The van der Waals surface area contributed by atoms with Crippen LogP contribution in [-0.4, -0.2) is 20.7 Å². The Morgan fingerprint density at radius 2 is 1.93 bits per heavy atom. The maximum Gasteiger partial charge on any atom is 0.314 e. The fourth-order valence-corrected chi connectivity index (χ4v) is 3.36. The van der Waals surface area contributed by atoms with Crippen LogP contribution >= 0.6 is 0 Å². The molecule has 3 rings (SSSR count). The van der Waals surface area contributed by atoms with E-state index < -0.39 is 29.1 Å². The summed E-state index contributed by atoms with van der Waals surface area (Å²) in [4.78, 5) is 0. The SMILES string of the molecule is Cc1ccccc1N(Cc1ccc(-c2nnc(C(F)F)o2)cc1F)S(C)=O. The molecule has 1 aromatic heterocycles. The molecule has 1 unspecified atom stereocenters. The van der Waals surface area contributed by atoms with Gasteiger partial charge in [-0.15, -0.1) is 10.2 Å². The van der Waals surface area contributed by atoms with E-state index in [4.69, 9.17) is 4.42 Å². The van der Waals surface area contributed by atoms with E-state index in [1.54, 1.807) is 4.31 Å². The van der Waals surface area contributed by atoms with Crippen molar-refractivity contribution in [2.45, 2.75) is 19.9 Å². The lowest BCUT2D eigenvalue weighted by atomic mass is 10.1. The number of nitrogens with zero attached hydrogens (tertiary/aromatic N) is 3. The third kappa shape index (κ3) is 4.19. The predicted octanol–water partition coefficient (Wildman–Crippen LogP) is 4.42. The molecule has 0 fully saturated rings. The molecule has 1 atom stereocenters. The highest BCUT2D eigenvalue weighted by molar-refractivity contribution is 7.85. The van der Waals surface area contributed by atoms with E-state index in [1.807, 2.05) is 31.2 Å². The summed E-state index contributed by atoms with van der Waals surface area (Å²) in [5, 5.41) is 6.73. The molecule has 0 saturated heterocycles. The van der Waals surface area contributed by atoms with Crippen molar-refractivity contribution in [3.63, 3.8) is 0 Å². The molecule has 0 N–H and O–H groups in total. The Hall–Kier alpha value is -2.68. The summed E-state index contributed by atoms with van der Waals surface area (Å²) in [6.45, 7) is 1.96. The Morgan fingerprint density at radius 3 is 2.52 bits per heavy atom. The highest BCUT2D eigenvalue weighted by Crippen LogP contribution is 2.27. The minimum Gasteiger partial charge on any atom is -0.415 e. The van der Waals surface area contributed by atoms with Gasteiger partial charge in [-0.3, -0.25) is 4.31 Å². The lowest BCUT2D eigenvalue weighted by molar-refractivity contribution is 0.116. The van der Waals surface area contributed by atoms with Crippen LogP contribution < -0.4 is 4.31 Å². The average molecular weight is 395 g/mol. The van der Waals surface area contributed by atoms with Crippen LogP contribution in [0.4, 0.5) is 18.9 Å². The zero-order valence-corrected chi connectivity index (χ0v) is 15.3. The number of aryl methyl sites for hydroxylation is 1. The van der Waals surface area contributed by atoms with Crippen molar-refractivity contribution in [1.29, 1.82) is 0 Å². The highest BCUT2D eigenvalue weighted by atomic mass is 32.2. The first kappa shape index (κ1) is 19.1. The lowest BCUT2D eigenvalue weighted by Crippen LogP contribution is -2.25. The first-order chi connectivity index (χ1) is 12.9. The third-order valence-corrected chi connectivity index (χ3v) is 4.88. The number of aromatic nitrogens is 2. The fraction of sp³-hybridized carbons (Fsp3) is 0.222. The number of hydrogen-bond acceptors (Lipinski definition) is 4. The van der Waals surface area contributed by atoms with Gasteiger partial charge >= 0.3 is 6.43 Å². The van der Waals surface area contributed by atoms with Crippen LogP contribution in [0.5, 0.6) is 0 Å². The molecule has 0 aliphatic carbocycles. The van der Waals surface area contributed by atoms with Crippen molar-refractivity contribution in [1.82, 2.24) is 10.2 Å². The minimum atomic E-state index is -2.89. The Bertz CT molecular complexity index is 978. The maximum atomic E-state index is 14.6. The average Bonchev–Trinajstić information content (AvgIpc) is 3.12. The second kappa shape index (κ2) is 7.91. The Morgan fingerprint density at radius 1 is 1.19 bits per heavy atom. The largest absolute Gasteiger partial charge is 0.415 e. The number of anilines is 1. The van der Waals surface area contributed by atoms with Crippen LogP contribution in [0.25, 0.3) is 11.5 Å². The van der Waals surface area contributed by atoms with Gasteiger partial charge < -0.3 is 4.42 Å². The quantitative estimate of drug-likeness (QED) is 0.620. The maximum absolute atomic E-state index is 14.6. The van der Waals surface area contributed by atoms with E-state index in [9.17, 15) is 17.4 Å². The van der Waals surface area contributed by atoms with E-state index in [0.717, 1.165) is 17.3 Å². The molecule has 0 bridgehead atoms. The molecule has 142 valence electrons. The van der Waals surface area contributed by atoms with Crippen molar-refractivity contribution in [2.75, 3.05) is 10.6 Å². The normalized spacial score (nSPS) is 12.4. The molecule has 0 radical (unpaired) electrons. The van der Waals surface area contributed by atoms with Crippen molar-refractivity contribution >= 4 is 16.7 Å². The van der Waals surface area contributed by atoms with Crippen LogP contribution in [0.3, 0.4) is 0 Å². The molecule has 27 heavy (non-hydrogen) atoms. The molecule has 3 aromatic rings. The standard InChI is InChI=1S/C18H16F3N3O2S/c1-11-5-3-4-6-15(11)24(27(2)25)10-13-8-7-12(9-14(13)19)17-22-23-18(26-17)16(20)21/h3-9,16H,10H2,1-2H3. The monoisotopic (exact) mass is 395 g/mol. The highest BCUT2D eigenvalue weighted by Gasteiger charge is 2.19. The molecular weight excluding hydrogens is 379 g/mol. The topological polar surface area (TPSA) is 59.2 Å². The molecule has 2 aromatic carbocycles. The van der Waals surface area contributed by atoms with Crippen molar-refractivity contribution in [3.8, 4) is 11.5 Å². The van der Waals surface area contributed by atoms with Crippen LogP contribution in [-0.2, 0) is 17.5 Å². The molecule has 9 heteroatoms. The van der Waals surface area contributed by atoms with Crippen LogP contribution in [0.2, 0.25) is 0 Å². The number of para-hydroxylation sites is 1. The van der Waals surface area contributed by atoms with Gasteiger partial charge in [0.05, 0.1) is 12.2 Å². The summed E-state index contributed by atoms with van der Waals surface area (Å²) in [7, 11) is -1.37. The number of rotatable bonds is 6. The first-order valence-electron chi connectivity index (χ1n) is 7.94. The number of alkyl halides is 2. The van der Waals surface area contributed by atoms with Crippen molar-refractivity contribution in [2.24, 2.45) is 0 Å². The molecule has 1 heterocycles. The van der Waals surface area contributed by atoms with Crippen molar-refractivity contribution < 1.29 is 21.8 Å². The molecule has 5 nitrogen and oxygen atoms in total. The third-order valence-electron chi connectivity index (χ3n) is 3.94. The number of hydrogen-bond donors (Lipinski definition) is 0. The number of halogens is 3. The van der Waals surface area contributed by atoms with Gasteiger partial charge in [-0.05, 0) is 30.7 Å². The van der Waals surface area contributed by atoms with Gasteiger partial charge in [0, 0.05) is 17.4 Å².